The van der Waals surface area contributed by atoms with Crippen LogP contribution in [0.4, 0.5) is 13.2 Å². The van der Waals surface area contributed by atoms with Crippen molar-refractivity contribution in [2.24, 2.45) is 10.5 Å². The van der Waals surface area contributed by atoms with Gasteiger partial charge in [-0.05, 0) is 35.7 Å². The average Bonchev–Trinajstić information content (AvgIpc) is 3.19. The van der Waals surface area contributed by atoms with Crippen molar-refractivity contribution in [3.8, 4) is 11.4 Å². The Morgan fingerprint density at radius 2 is 1.62 bits per heavy atom. The van der Waals surface area contributed by atoms with Gasteiger partial charge in [0.2, 0.25) is 0 Å². The Balaban J connectivity index is 1.70. The molecule has 0 bridgehead atoms. The zero-order valence-electron chi connectivity index (χ0n) is 20.6. The second-order valence-corrected chi connectivity index (χ2v) is 10.2. The fourth-order valence-corrected chi connectivity index (χ4v) is 4.39. The van der Waals surface area contributed by atoms with Gasteiger partial charge in [-0.1, -0.05) is 63.2 Å². The molecule has 188 valence electrons. The summed E-state index contributed by atoms with van der Waals surface area (Å²) in [5, 5.41) is 5.76. The van der Waals surface area contributed by atoms with Crippen LogP contribution in [-0.2, 0) is 12.7 Å². The lowest BCUT2D eigenvalue weighted by molar-refractivity contribution is -0.137. The van der Waals surface area contributed by atoms with Gasteiger partial charge < -0.3 is 4.57 Å². The standard InChI is InChI=1S/C29H25F3N4O/c1-28(2,3)18-35-17-20(22-11-5-7-14-25(22)35)16-33-36-26(19-9-8-10-21(15-19)29(30,31)32)34-24-13-6-4-12-23(24)27(36)37/h4-17H,18H2,1-3H3. The minimum absolute atomic E-state index is 0.0319. The molecule has 0 fully saturated rings. The molecule has 0 aliphatic rings. The number of nitrogens with zero attached hydrogens (tertiary/aromatic N) is 4. The van der Waals surface area contributed by atoms with Gasteiger partial charge in [0.25, 0.3) is 5.56 Å². The van der Waals surface area contributed by atoms with Crippen molar-refractivity contribution in [1.82, 2.24) is 14.2 Å². The average molecular weight is 503 g/mol. The minimum atomic E-state index is -4.53. The highest BCUT2D eigenvalue weighted by Crippen LogP contribution is 2.32. The topological polar surface area (TPSA) is 52.2 Å². The number of alkyl halides is 3. The molecule has 0 aliphatic carbocycles. The molecule has 0 N–H and O–H groups in total. The molecular formula is C29H25F3N4O. The predicted molar refractivity (Wildman–Crippen MR) is 141 cm³/mol. The molecule has 2 aromatic heterocycles. The van der Waals surface area contributed by atoms with Gasteiger partial charge in [0, 0.05) is 34.8 Å². The number of aromatic nitrogens is 3. The number of para-hydroxylation sites is 2. The fourth-order valence-electron chi connectivity index (χ4n) is 4.39. The third-order valence-corrected chi connectivity index (χ3v) is 5.98. The summed E-state index contributed by atoms with van der Waals surface area (Å²) in [6.45, 7) is 7.22. The van der Waals surface area contributed by atoms with E-state index in [4.69, 9.17) is 0 Å². The lowest BCUT2D eigenvalue weighted by Crippen LogP contribution is -2.20. The summed E-state index contributed by atoms with van der Waals surface area (Å²) in [5.74, 6) is 0.0319. The van der Waals surface area contributed by atoms with Crippen LogP contribution in [0.2, 0.25) is 0 Å². The Labute approximate surface area is 211 Å². The zero-order chi connectivity index (χ0) is 26.4. The first kappa shape index (κ1) is 24.5. The van der Waals surface area contributed by atoms with E-state index in [2.05, 4.69) is 35.4 Å². The fraction of sp³-hybridized carbons (Fsp3) is 0.207. The van der Waals surface area contributed by atoms with Gasteiger partial charge >= 0.3 is 6.18 Å². The number of rotatable bonds is 4. The second-order valence-electron chi connectivity index (χ2n) is 10.2. The lowest BCUT2D eigenvalue weighted by atomic mass is 9.97. The van der Waals surface area contributed by atoms with Crippen molar-refractivity contribution in [3.63, 3.8) is 0 Å². The smallest absolute Gasteiger partial charge is 0.346 e. The largest absolute Gasteiger partial charge is 0.416 e. The molecule has 5 rings (SSSR count). The van der Waals surface area contributed by atoms with Crippen LogP contribution in [0.25, 0.3) is 33.2 Å². The molecule has 37 heavy (non-hydrogen) atoms. The maximum absolute atomic E-state index is 13.5. The zero-order valence-corrected chi connectivity index (χ0v) is 20.6. The number of hydrogen-bond donors (Lipinski definition) is 0. The predicted octanol–water partition coefficient (Wildman–Crippen LogP) is 6.97. The van der Waals surface area contributed by atoms with Crippen LogP contribution in [0, 0.1) is 5.41 Å². The summed E-state index contributed by atoms with van der Waals surface area (Å²) in [5.41, 5.74) is 1.08. The molecule has 0 amide bonds. The Bertz CT molecular complexity index is 1700. The van der Waals surface area contributed by atoms with E-state index in [1.165, 1.54) is 12.1 Å². The molecule has 5 aromatic rings. The third kappa shape index (κ3) is 4.91. The van der Waals surface area contributed by atoms with Gasteiger partial charge in [0.15, 0.2) is 5.82 Å². The van der Waals surface area contributed by atoms with Crippen LogP contribution in [0.5, 0.6) is 0 Å². The van der Waals surface area contributed by atoms with Crippen LogP contribution in [0.3, 0.4) is 0 Å². The van der Waals surface area contributed by atoms with E-state index in [9.17, 15) is 18.0 Å². The van der Waals surface area contributed by atoms with Crippen molar-refractivity contribution in [1.29, 1.82) is 0 Å². The normalized spacial score (nSPS) is 12.7. The summed E-state index contributed by atoms with van der Waals surface area (Å²) in [6.07, 6.45) is -0.991. The number of halogens is 3. The van der Waals surface area contributed by atoms with E-state index >= 15 is 0 Å². The van der Waals surface area contributed by atoms with Crippen LogP contribution < -0.4 is 5.56 Å². The monoisotopic (exact) mass is 502 g/mol. The first-order valence-corrected chi connectivity index (χ1v) is 11.8. The van der Waals surface area contributed by atoms with Crippen molar-refractivity contribution >= 4 is 28.0 Å². The first-order valence-electron chi connectivity index (χ1n) is 11.8. The van der Waals surface area contributed by atoms with Crippen molar-refractivity contribution in [2.75, 3.05) is 0 Å². The summed E-state index contributed by atoms with van der Waals surface area (Å²) in [6, 6.07) is 19.4. The molecule has 3 aromatic carbocycles. The maximum atomic E-state index is 13.5. The molecule has 5 nitrogen and oxygen atoms in total. The van der Waals surface area contributed by atoms with Crippen LogP contribution in [0.15, 0.2) is 88.9 Å². The van der Waals surface area contributed by atoms with E-state index in [1.807, 2.05) is 30.5 Å². The van der Waals surface area contributed by atoms with Crippen LogP contribution >= 0.6 is 0 Å². The number of benzene rings is 3. The Morgan fingerprint density at radius 3 is 2.35 bits per heavy atom. The Hall–Kier alpha value is -4.20. The van der Waals surface area contributed by atoms with Gasteiger partial charge in [-0.2, -0.15) is 22.9 Å². The van der Waals surface area contributed by atoms with Gasteiger partial charge in [0.1, 0.15) is 0 Å². The molecular weight excluding hydrogens is 477 g/mol. The lowest BCUT2D eigenvalue weighted by Gasteiger charge is -2.19. The summed E-state index contributed by atoms with van der Waals surface area (Å²) >= 11 is 0. The Morgan fingerprint density at radius 1 is 0.919 bits per heavy atom. The number of fused-ring (bicyclic) bond motifs is 2. The molecule has 0 aliphatic heterocycles. The highest BCUT2D eigenvalue weighted by Gasteiger charge is 2.31. The van der Waals surface area contributed by atoms with E-state index in [1.54, 1.807) is 30.5 Å². The quantitative estimate of drug-likeness (QED) is 0.249. The molecule has 0 atom stereocenters. The van der Waals surface area contributed by atoms with Crippen molar-refractivity contribution < 1.29 is 13.2 Å². The van der Waals surface area contributed by atoms with E-state index in [0.29, 0.717) is 10.9 Å². The van der Waals surface area contributed by atoms with Gasteiger partial charge in [0.05, 0.1) is 22.7 Å². The van der Waals surface area contributed by atoms with E-state index in [0.717, 1.165) is 39.8 Å². The molecule has 0 unspecified atom stereocenters. The molecule has 0 radical (unpaired) electrons. The molecule has 0 saturated heterocycles. The number of hydrogen-bond acceptors (Lipinski definition) is 3. The van der Waals surface area contributed by atoms with Crippen molar-refractivity contribution in [2.45, 2.75) is 33.5 Å². The van der Waals surface area contributed by atoms with Gasteiger partial charge in [-0.3, -0.25) is 4.79 Å². The SMILES string of the molecule is CC(C)(C)Cn1cc(C=Nn2c(-c3cccc(C(F)(F)F)c3)nc3ccccc3c2=O)c2ccccc21. The maximum Gasteiger partial charge on any atom is 0.416 e. The van der Waals surface area contributed by atoms with Crippen LogP contribution in [-0.4, -0.2) is 20.4 Å². The van der Waals surface area contributed by atoms with Gasteiger partial charge in [-0.15, -0.1) is 0 Å². The Kier molecular flexibility index (Phi) is 5.98. The summed E-state index contributed by atoms with van der Waals surface area (Å²) < 4.78 is 43.5. The minimum Gasteiger partial charge on any atom is -0.346 e. The molecule has 0 spiro atoms. The van der Waals surface area contributed by atoms with Crippen molar-refractivity contribution in [3.05, 3.63) is 100 Å². The molecule has 0 saturated carbocycles. The van der Waals surface area contributed by atoms with E-state index < -0.39 is 17.3 Å². The highest BCUT2D eigenvalue weighted by atomic mass is 19.4. The van der Waals surface area contributed by atoms with Gasteiger partial charge in [-0.25, -0.2) is 4.98 Å². The highest BCUT2D eigenvalue weighted by molar-refractivity contribution is 5.99. The van der Waals surface area contributed by atoms with Crippen LogP contribution in [0.1, 0.15) is 31.9 Å². The second kappa shape index (κ2) is 9.03. The molecule has 2 heterocycles. The first-order chi connectivity index (χ1) is 17.5. The third-order valence-electron chi connectivity index (χ3n) is 5.98. The summed E-state index contributed by atoms with van der Waals surface area (Å²) in [4.78, 5) is 18.0. The molecule has 8 heteroatoms. The van der Waals surface area contributed by atoms with E-state index in [-0.39, 0.29) is 16.8 Å². The summed E-state index contributed by atoms with van der Waals surface area (Å²) in [7, 11) is 0.